The highest BCUT2D eigenvalue weighted by atomic mass is 16.5. The topological polar surface area (TPSA) is 147 Å². The van der Waals surface area contributed by atoms with Crippen LogP contribution >= 0.6 is 0 Å². The summed E-state index contributed by atoms with van der Waals surface area (Å²) in [5, 5.41) is 30.6. The molecule has 0 saturated carbocycles. The molecule has 1 atom stereocenters. The first-order valence-corrected chi connectivity index (χ1v) is 7.31. The minimum absolute atomic E-state index is 0.0606. The van der Waals surface area contributed by atoms with E-state index in [2.05, 4.69) is 0 Å². The zero-order valence-electron chi connectivity index (χ0n) is 13.6. The van der Waals surface area contributed by atoms with Gasteiger partial charge in [-0.25, -0.2) is 0 Å². The van der Waals surface area contributed by atoms with Gasteiger partial charge in [-0.15, -0.1) is 0 Å². The lowest BCUT2D eigenvalue weighted by molar-refractivity contribution is -0.123. The van der Waals surface area contributed by atoms with E-state index in [1.807, 2.05) is 0 Å². The fourth-order valence-electron chi connectivity index (χ4n) is 3.26. The van der Waals surface area contributed by atoms with Crippen molar-refractivity contribution in [1.82, 2.24) is 0 Å². The Labute approximate surface area is 141 Å². The van der Waals surface area contributed by atoms with Crippen LogP contribution in [0.5, 0.6) is 17.2 Å². The molecule has 0 radical (unpaired) electrons. The third-order valence-electron chi connectivity index (χ3n) is 4.65. The van der Waals surface area contributed by atoms with Crippen LogP contribution in [0.3, 0.4) is 0 Å². The third-order valence-corrected chi connectivity index (χ3v) is 4.65. The van der Waals surface area contributed by atoms with E-state index in [0.717, 1.165) is 13.0 Å². The fourth-order valence-corrected chi connectivity index (χ4v) is 3.26. The highest BCUT2D eigenvalue weighted by Gasteiger charge is 2.55. The molecule has 130 valence electrons. The molecule has 3 rings (SSSR count). The molecule has 25 heavy (non-hydrogen) atoms. The van der Waals surface area contributed by atoms with Gasteiger partial charge in [-0.1, -0.05) is 0 Å². The minimum atomic E-state index is -1.64. The number of carbonyl (C=O) groups is 3. The molecule has 0 bridgehead atoms. The van der Waals surface area contributed by atoms with Crippen molar-refractivity contribution in [2.75, 3.05) is 0 Å². The number of amides is 1. The molecule has 1 aliphatic heterocycles. The molecule has 1 aromatic rings. The Hall–Kier alpha value is -3.29. The summed E-state index contributed by atoms with van der Waals surface area (Å²) in [5.74, 6) is -4.41. The Kier molecular flexibility index (Phi) is 3.22. The number of carbonyl (C=O) groups excluding carboxylic acids is 3. The number of nitrogens with two attached hydrogens (primary N) is 1. The lowest BCUT2D eigenvalue weighted by Crippen LogP contribution is -2.38. The summed E-state index contributed by atoms with van der Waals surface area (Å²) in [5.41, 5.74) is 2.68. The maximum atomic E-state index is 12.9. The summed E-state index contributed by atoms with van der Waals surface area (Å²) in [7, 11) is 0. The van der Waals surface area contributed by atoms with E-state index < -0.39 is 51.3 Å². The summed E-state index contributed by atoms with van der Waals surface area (Å²) in [6, 6.07) is 0. The third kappa shape index (κ3) is 1.84. The lowest BCUT2D eigenvalue weighted by atomic mass is 9.71. The Balaban J connectivity index is 2.42. The van der Waals surface area contributed by atoms with Gasteiger partial charge in [0.25, 0.3) is 5.91 Å². The highest BCUT2D eigenvalue weighted by Crippen LogP contribution is 2.57. The van der Waals surface area contributed by atoms with E-state index in [-0.39, 0.29) is 22.6 Å². The van der Waals surface area contributed by atoms with Crippen molar-refractivity contribution in [3.63, 3.8) is 0 Å². The first-order chi connectivity index (χ1) is 11.5. The van der Waals surface area contributed by atoms with E-state index in [0.29, 0.717) is 0 Å². The first-order valence-electron chi connectivity index (χ1n) is 7.31. The summed E-state index contributed by atoms with van der Waals surface area (Å²) in [4.78, 5) is 36.4. The quantitative estimate of drug-likeness (QED) is 0.585. The Bertz CT molecular complexity index is 954. The predicted octanol–water partition coefficient (Wildman–Crippen LogP) is 1.02. The predicted molar refractivity (Wildman–Crippen MR) is 84.4 cm³/mol. The second-order valence-electron chi connectivity index (χ2n) is 6.15. The molecule has 8 nitrogen and oxygen atoms in total. The molecule has 0 spiro atoms. The summed E-state index contributed by atoms with van der Waals surface area (Å²) in [6.45, 7) is 3.86. The van der Waals surface area contributed by atoms with Gasteiger partial charge in [0.2, 0.25) is 0 Å². The van der Waals surface area contributed by atoms with Crippen LogP contribution in [-0.2, 0) is 15.0 Å². The van der Waals surface area contributed by atoms with Gasteiger partial charge in [0, 0.05) is 11.6 Å². The van der Waals surface area contributed by atoms with Crippen molar-refractivity contribution in [3.05, 3.63) is 39.9 Å². The molecule has 1 heterocycles. The standard InChI is InChI=1S/C17H15NO7/c1-5-12(21)10(16(18)24)14-11(13(5)22)17(3)8(25-14)4-7(20)9(6(2)19)15(17)23/h4,20-22H,1-3H3,(H2,18,24). The van der Waals surface area contributed by atoms with E-state index >= 15 is 0 Å². The zero-order chi connectivity index (χ0) is 18.8. The Morgan fingerprint density at radius 3 is 2.32 bits per heavy atom. The van der Waals surface area contributed by atoms with Crippen LogP contribution in [0.25, 0.3) is 0 Å². The lowest BCUT2D eigenvalue weighted by Gasteiger charge is -2.27. The number of fused-ring (bicyclic) bond motifs is 3. The monoisotopic (exact) mass is 345 g/mol. The molecular formula is C17H15NO7. The molecule has 1 amide bonds. The van der Waals surface area contributed by atoms with Crippen molar-refractivity contribution >= 4 is 17.5 Å². The summed E-state index contributed by atoms with van der Waals surface area (Å²) in [6.07, 6.45) is 1.08. The average Bonchev–Trinajstić information content (AvgIpc) is 2.78. The van der Waals surface area contributed by atoms with Gasteiger partial charge in [0.1, 0.15) is 39.6 Å². The van der Waals surface area contributed by atoms with Gasteiger partial charge in [0.15, 0.2) is 17.3 Å². The largest absolute Gasteiger partial charge is 0.507 e. The van der Waals surface area contributed by atoms with Gasteiger partial charge in [-0.3, -0.25) is 14.4 Å². The average molecular weight is 345 g/mol. The molecular weight excluding hydrogens is 330 g/mol. The molecule has 8 heteroatoms. The van der Waals surface area contributed by atoms with Crippen LogP contribution in [0.15, 0.2) is 23.2 Å². The number of hydrogen-bond donors (Lipinski definition) is 4. The molecule has 5 N–H and O–H groups in total. The van der Waals surface area contributed by atoms with Crippen molar-refractivity contribution in [1.29, 1.82) is 0 Å². The van der Waals surface area contributed by atoms with E-state index in [4.69, 9.17) is 10.5 Å². The summed E-state index contributed by atoms with van der Waals surface area (Å²) >= 11 is 0. The van der Waals surface area contributed by atoms with Gasteiger partial charge < -0.3 is 25.8 Å². The van der Waals surface area contributed by atoms with Gasteiger partial charge in [-0.2, -0.15) is 0 Å². The highest BCUT2D eigenvalue weighted by molar-refractivity contribution is 6.25. The number of phenolic OH excluding ortho intramolecular Hbond substituents is 1. The number of aliphatic hydroxyl groups is 1. The number of phenols is 2. The van der Waals surface area contributed by atoms with Crippen LogP contribution in [-0.4, -0.2) is 32.8 Å². The van der Waals surface area contributed by atoms with Crippen LogP contribution in [0.1, 0.15) is 35.3 Å². The number of allylic oxidation sites excluding steroid dienone is 3. The molecule has 1 aliphatic carbocycles. The number of Topliss-reactive ketones (excluding diaryl/α,β-unsaturated/α-hetero) is 2. The van der Waals surface area contributed by atoms with Crippen LogP contribution in [0.4, 0.5) is 0 Å². The number of benzene rings is 1. The Morgan fingerprint density at radius 1 is 1.20 bits per heavy atom. The number of hydrogen-bond acceptors (Lipinski definition) is 7. The van der Waals surface area contributed by atoms with E-state index in [9.17, 15) is 29.7 Å². The van der Waals surface area contributed by atoms with Crippen molar-refractivity contribution in [2.24, 2.45) is 5.73 Å². The second-order valence-corrected chi connectivity index (χ2v) is 6.15. The molecule has 0 aromatic heterocycles. The number of aliphatic hydroxyl groups excluding tert-OH is 1. The molecule has 0 saturated heterocycles. The molecule has 1 unspecified atom stereocenters. The smallest absolute Gasteiger partial charge is 0.256 e. The Morgan fingerprint density at radius 2 is 1.80 bits per heavy atom. The van der Waals surface area contributed by atoms with Gasteiger partial charge in [0.05, 0.1) is 5.56 Å². The fraction of sp³-hybridized carbons (Fsp3) is 0.235. The number of aromatic hydroxyl groups is 2. The summed E-state index contributed by atoms with van der Waals surface area (Å²) < 4.78 is 5.51. The second kappa shape index (κ2) is 4.85. The SMILES string of the molecule is CC(=O)C1=C(O)C=C2Oc3c(C(N)=O)c(O)c(C)c(O)c3C2(C)C1=O. The van der Waals surface area contributed by atoms with E-state index in [1.165, 1.54) is 13.8 Å². The van der Waals surface area contributed by atoms with Gasteiger partial charge >= 0.3 is 0 Å². The first kappa shape index (κ1) is 16.6. The zero-order valence-corrected chi connectivity index (χ0v) is 13.6. The minimum Gasteiger partial charge on any atom is -0.507 e. The van der Waals surface area contributed by atoms with Crippen molar-refractivity contribution < 1.29 is 34.4 Å². The molecule has 1 aromatic carbocycles. The van der Waals surface area contributed by atoms with E-state index in [1.54, 1.807) is 0 Å². The number of rotatable bonds is 2. The number of primary amides is 1. The van der Waals surface area contributed by atoms with Crippen LogP contribution in [0.2, 0.25) is 0 Å². The van der Waals surface area contributed by atoms with Crippen LogP contribution < -0.4 is 10.5 Å². The molecule has 0 fully saturated rings. The van der Waals surface area contributed by atoms with Crippen molar-refractivity contribution in [3.8, 4) is 17.2 Å². The number of ether oxygens (including phenoxy) is 1. The number of ketones is 2. The maximum absolute atomic E-state index is 12.9. The van der Waals surface area contributed by atoms with Crippen molar-refractivity contribution in [2.45, 2.75) is 26.2 Å². The maximum Gasteiger partial charge on any atom is 0.256 e. The normalized spacial score (nSPS) is 21.4. The van der Waals surface area contributed by atoms with Gasteiger partial charge in [-0.05, 0) is 20.8 Å². The molecule has 2 aliphatic rings. The van der Waals surface area contributed by atoms with Crippen LogP contribution in [0, 0.1) is 6.92 Å².